The summed E-state index contributed by atoms with van der Waals surface area (Å²) >= 11 is 6.62. The van der Waals surface area contributed by atoms with Gasteiger partial charge >= 0.3 is 11.9 Å². The zero-order valence-electron chi connectivity index (χ0n) is 18.9. The molecule has 29 heavy (non-hydrogen) atoms. The Balaban J connectivity index is 5.87. The van der Waals surface area contributed by atoms with Gasteiger partial charge in [-0.05, 0) is 53.1 Å². The van der Waals surface area contributed by atoms with E-state index in [0.717, 1.165) is 0 Å². The second-order valence-electron chi connectivity index (χ2n) is 8.88. The minimum Gasteiger partial charge on any atom is -0.546 e. The minimum atomic E-state index is -2.14. The monoisotopic (exact) mass is 462 g/mol. The fourth-order valence-corrected chi connectivity index (χ4v) is 4.47. The molecule has 0 aromatic rings. The van der Waals surface area contributed by atoms with Gasteiger partial charge in [-0.25, -0.2) is 9.59 Å². The van der Waals surface area contributed by atoms with Crippen LogP contribution in [0.5, 0.6) is 0 Å². The summed E-state index contributed by atoms with van der Waals surface area (Å²) in [6.45, 7) is 25.9. The average Bonchev–Trinajstić information content (AvgIpc) is 2.52. The van der Waals surface area contributed by atoms with E-state index in [-0.39, 0.29) is 23.5 Å². The van der Waals surface area contributed by atoms with Gasteiger partial charge in [0.15, 0.2) is 14.4 Å². The Labute approximate surface area is 182 Å². The molecule has 0 amide bonds. The first-order valence-electron chi connectivity index (χ1n) is 9.33. The lowest BCUT2D eigenvalue weighted by Gasteiger charge is -2.35. The summed E-state index contributed by atoms with van der Waals surface area (Å²) < 4.78 is 23.0. The van der Waals surface area contributed by atoms with Crippen molar-refractivity contribution in [1.82, 2.24) is 0 Å². The first-order chi connectivity index (χ1) is 12.9. The van der Waals surface area contributed by atoms with Gasteiger partial charge in [-0.15, -0.1) is 11.6 Å². The van der Waals surface area contributed by atoms with Gasteiger partial charge in [0.05, 0.1) is 5.76 Å². The van der Waals surface area contributed by atoms with E-state index >= 15 is 0 Å². The molecule has 0 aromatic heterocycles. The van der Waals surface area contributed by atoms with E-state index in [4.69, 9.17) is 29.9 Å². The minimum absolute atomic E-state index is 0.159. The molecule has 0 aliphatic carbocycles. The molecule has 9 heteroatoms. The molecule has 0 heterocycles. The normalized spacial score (nSPS) is 14.9. The van der Waals surface area contributed by atoms with Crippen molar-refractivity contribution < 1.29 is 27.9 Å². The van der Waals surface area contributed by atoms with Gasteiger partial charge in [0.1, 0.15) is 18.1 Å². The highest BCUT2D eigenvalue weighted by Gasteiger charge is 2.39. The fraction of sp³-hybridized carbons (Fsp3) is 0.600. The maximum Gasteiger partial charge on any atom is 0.333 e. The maximum absolute atomic E-state index is 12.3. The highest BCUT2D eigenvalue weighted by Crippen LogP contribution is 2.26. The van der Waals surface area contributed by atoms with E-state index in [1.54, 1.807) is 6.92 Å². The van der Waals surface area contributed by atoms with Gasteiger partial charge in [0.2, 0.25) is 8.32 Å². The molecule has 6 nitrogen and oxygen atoms in total. The van der Waals surface area contributed by atoms with Crippen LogP contribution in [-0.2, 0) is 27.9 Å². The van der Waals surface area contributed by atoms with Crippen LogP contribution < -0.4 is 0 Å². The van der Waals surface area contributed by atoms with Crippen LogP contribution in [0.1, 0.15) is 13.8 Å². The second-order valence-corrected chi connectivity index (χ2v) is 18.2. The number of ether oxygens (including phenoxy) is 2. The summed E-state index contributed by atoms with van der Waals surface area (Å²) in [5.41, 5.74) is 0.461. The third-order valence-corrected chi connectivity index (χ3v) is 5.60. The van der Waals surface area contributed by atoms with E-state index < -0.39 is 46.2 Å². The Kier molecular flexibility index (Phi) is 10.6. The van der Waals surface area contributed by atoms with Crippen LogP contribution in [0.15, 0.2) is 36.6 Å². The van der Waals surface area contributed by atoms with Crippen LogP contribution in [0.4, 0.5) is 0 Å². The molecule has 0 fully saturated rings. The molecule has 0 radical (unpaired) electrons. The molecule has 3 unspecified atom stereocenters. The third kappa shape index (κ3) is 11.4. The topological polar surface area (TPSA) is 71.1 Å². The molecule has 166 valence electrons. The van der Waals surface area contributed by atoms with E-state index in [2.05, 4.69) is 19.7 Å². The van der Waals surface area contributed by atoms with E-state index in [1.807, 2.05) is 39.3 Å². The van der Waals surface area contributed by atoms with Crippen LogP contribution in [0.3, 0.4) is 0 Å². The Morgan fingerprint density at radius 1 is 0.897 bits per heavy atom. The van der Waals surface area contributed by atoms with Crippen LogP contribution in [0, 0.1) is 0 Å². The zero-order chi connectivity index (χ0) is 23.2. The van der Waals surface area contributed by atoms with Crippen molar-refractivity contribution in [2.45, 2.75) is 70.7 Å². The number of carbonyl (C=O) groups is 2. The molecule has 0 aliphatic rings. The SMILES string of the molecule is C=C(C)C(=O)OCC(O[Si](C)(C)C)C(OC(=O)C(=C)C)C(Cl)C(=C)O[Si](C)(C)C. The number of rotatable bonds is 12. The number of hydrogen-bond donors (Lipinski definition) is 0. The quantitative estimate of drug-likeness (QED) is 0.136. The predicted octanol–water partition coefficient (Wildman–Crippen LogP) is 4.79. The summed E-state index contributed by atoms with van der Waals surface area (Å²) in [5, 5.41) is -0.907. The van der Waals surface area contributed by atoms with Gasteiger partial charge in [-0.2, -0.15) is 0 Å². The lowest BCUT2D eigenvalue weighted by Crippen LogP contribution is -2.49. The summed E-state index contributed by atoms with van der Waals surface area (Å²) in [6.07, 6.45) is -1.80. The van der Waals surface area contributed by atoms with Crippen LogP contribution in [-0.4, -0.2) is 52.8 Å². The molecule has 0 aliphatic heterocycles. The van der Waals surface area contributed by atoms with Crippen molar-refractivity contribution in [3.05, 3.63) is 36.6 Å². The molecular formula is C20H35ClO6Si2. The molecule has 0 saturated carbocycles. The lowest BCUT2D eigenvalue weighted by atomic mass is 10.1. The first-order valence-corrected chi connectivity index (χ1v) is 16.6. The summed E-state index contributed by atoms with van der Waals surface area (Å²) in [6, 6.07) is 0. The number of alkyl halides is 1. The zero-order valence-corrected chi connectivity index (χ0v) is 21.6. The summed E-state index contributed by atoms with van der Waals surface area (Å²) in [5.74, 6) is -0.917. The third-order valence-electron chi connectivity index (χ3n) is 3.22. The molecule has 0 spiro atoms. The summed E-state index contributed by atoms with van der Waals surface area (Å²) in [4.78, 5) is 24.2. The molecular weight excluding hydrogens is 428 g/mol. The number of esters is 2. The van der Waals surface area contributed by atoms with Gasteiger partial charge in [-0.1, -0.05) is 19.7 Å². The summed E-state index contributed by atoms with van der Waals surface area (Å²) in [7, 11) is -4.13. The van der Waals surface area contributed by atoms with E-state index in [1.165, 1.54) is 6.92 Å². The highest BCUT2D eigenvalue weighted by molar-refractivity contribution is 6.70. The highest BCUT2D eigenvalue weighted by atomic mass is 35.5. The Bertz CT molecular complexity index is 648. The van der Waals surface area contributed by atoms with Crippen LogP contribution >= 0.6 is 11.6 Å². The average molecular weight is 463 g/mol. The van der Waals surface area contributed by atoms with Gasteiger partial charge in [0.25, 0.3) is 0 Å². The van der Waals surface area contributed by atoms with Crippen molar-refractivity contribution in [2.24, 2.45) is 0 Å². The van der Waals surface area contributed by atoms with Crippen LogP contribution in [0.2, 0.25) is 39.3 Å². The maximum atomic E-state index is 12.3. The Morgan fingerprint density at radius 2 is 1.38 bits per heavy atom. The Hall–Kier alpha value is -1.36. The number of carbonyl (C=O) groups excluding carboxylic acids is 2. The van der Waals surface area contributed by atoms with Crippen molar-refractivity contribution in [2.75, 3.05) is 6.61 Å². The van der Waals surface area contributed by atoms with Crippen LogP contribution in [0.25, 0.3) is 0 Å². The number of halogens is 1. The van der Waals surface area contributed by atoms with Crippen molar-refractivity contribution in [3.63, 3.8) is 0 Å². The second kappa shape index (κ2) is 11.1. The molecule has 3 atom stereocenters. The van der Waals surface area contributed by atoms with E-state index in [0.29, 0.717) is 0 Å². The molecule has 0 bridgehead atoms. The number of hydrogen-bond acceptors (Lipinski definition) is 6. The smallest absolute Gasteiger partial charge is 0.333 e. The fourth-order valence-electron chi connectivity index (χ4n) is 2.11. The molecule has 0 rings (SSSR count). The van der Waals surface area contributed by atoms with Gasteiger partial charge in [-0.3, -0.25) is 0 Å². The molecule has 0 N–H and O–H groups in total. The standard InChI is InChI=1S/C20H35ClO6Si2/c1-13(2)19(22)24-12-16(27-29(9,10)11)18(25-20(23)14(3)4)17(21)15(5)26-28(6,7)8/h16-18H,1,3,5,12H2,2,4,6-11H3. The van der Waals surface area contributed by atoms with Crippen molar-refractivity contribution in [1.29, 1.82) is 0 Å². The lowest BCUT2D eigenvalue weighted by molar-refractivity contribution is -0.154. The Morgan fingerprint density at radius 3 is 1.76 bits per heavy atom. The van der Waals surface area contributed by atoms with Gasteiger partial charge in [0, 0.05) is 11.1 Å². The van der Waals surface area contributed by atoms with Gasteiger partial charge < -0.3 is 18.3 Å². The van der Waals surface area contributed by atoms with Crippen molar-refractivity contribution >= 4 is 40.2 Å². The first kappa shape index (κ1) is 27.6. The van der Waals surface area contributed by atoms with E-state index in [9.17, 15) is 9.59 Å². The predicted molar refractivity (Wildman–Crippen MR) is 122 cm³/mol. The molecule has 0 saturated heterocycles. The van der Waals surface area contributed by atoms with Crippen molar-refractivity contribution in [3.8, 4) is 0 Å². The largest absolute Gasteiger partial charge is 0.546 e. The molecule has 0 aromatic carbocycles.